The lowest BCUT2D eigenvalue weighted by Gasteiger charge is -2.20. The number of esters is 1. The van der Waals surface area contributed by atoms with E-state index in [0.29, 0.717) is 10.6 Å². The molecule has 23 heavy (non-hydrogen) atoms. The predicted octanol–water partition coefficient (Wildman–Crippen LogP) is 2.29. The number of amides is 1. The molecule has 120 valence electrons. The number of hydrogen-bond acceptors (Lipinski definition) is 6. The number of thiophene rings is 1. The van der Waals surface area contributed by atoms with Crippen LogP contribution in [0, 0.1) is 0 Å². The van der Waals surface area contributed by atoms with Gasteiger partial charge in [-0.25, -0.2) is 4.79 Å². The van der Waals surface area contributed by atoms with Crippen molar-refractivity contribution in [1.82, 2.24) is 5.32 Å². The second-order valence-corrected chi connectivity index (χ2v) is 5.60. The minimum absolute atomic E-state index is 0.282. The fraction of sp³-hybridized carbons (Fsp3) is 0.188. The van der Waals surface area contributed by atoms with Crippen molar-refractivity contribution in [3.8, 4) is 0 Å². The van der Waals surface area contributed by atoms with Crippen molar-refractivity contribution in [1.29, 1.82) is 0 Å². The Kier molecular flexibility index (Phi) is 5.48. The number of carbonyl (C=O) groups is 3. The highest BCUT2D eigenvalue weighted by atomic mass is 32.1. The summed E-state index contributed by atoms with van der Waals surface area (Å²) in [7, 11) is 1.28. The van der Waals surface area contributed by atoms with E-state index in [0.717, 1.165) is 0 Å². The fourth-order valence-corrected chi connectivity index (χ4v) is 2.68. The summed E-state index contributed by atoms with van der Waals surface area (Å²) < 4.78 is 4.72. The van der Waals surface area contributed by atoms with Gasteiger partial charge in [0, 0.05) is 6.92 Å². The number of nitrogens with one attached hydrogen (secondary N) is 2. The summed E-state index contributed by atoms with van der Waals surface area (Å²) in [6.07, 6.45) is -0.975. The van der Waals surface area contributed by atoms with Crippen molar-refractivity contribution in [2.75, 3.05) is 12.4 Å². The quantitative estimate of drug-likeness (QED) is 0.482. The van der Waals surface area contributed by atoms with Crippen LogP contribution in [0.2, 0.25) is 0 Å². The van der Waals surface area contributed by atoms with E-state index < -0.39 is 12.1 Å². The molecule has 0 bridgehead atoms. The smallest absolute Gasteiger partial charge is 0.339 e. The third-order valence-corrected chi connectivity index (χ3v) is 3.89. The number of rotatable bonds is 6. The van der Waals surface area contributed by atoms with E-state index >= 15 is 0 Å². The normalized spacial score (nSPS) is 11.4. The van der Waals surface area contributed by atoms with Crippen molar-refractivity contribution < 1.29 is 19.1 Å². The molecule has 1 heterocycles. The van der Waals surface area contributed by atoms with Gasteiger partial charge in [-0.15, -0.1) is 11.3 Å². The third-order valence-electron chi connectivity index (χ3n) is 3.01. The van der Waals surface area contributed by atoms with Gasteiger partial charge in [-0.1, -0.05) is 18.2 Å². The largest absolute Gasteiger partial charge is 0.465 e. The Hall–Kier alpha value is -2.67. The van der Waals surface area contributed by atoms with E-state index in [9.17, 15) is 14.4 Å². The monoisotopic (exact) mass is 332 g/mol. The first-order valence-corrected chi connectivity index (χ1v) is 7.69. The van der Waals surface area contributed by atoms with Crippen molar-refractivity contribution in [2.24, 2.45) is 0 Å². The Morgan fingerprint density at radius 1 is 1.13 bits per heavy atom. The van der Waals surface area contributed by atoms with Gasteiger partial charge in [0.2, 0.25) is 11.7 Å². The van der Waals surface area contributed by atoms with Crippen molar-refractivity contribution in [3.05, 3.63) is 52.2 Å². The Morgan fingerprint density at radius 3 is 2.48 bits per heavy atom. The highest BCUT2D eigenvalue weighted by Gasteiger charge is 2.23. The van der Waals surface area contributed by atoms with Gasteiger partial charge in [0.05, 0.1) is 23.2 Å². The average Bonchev–Trinajstić information content (AvgIpc) is 3.07. The SMILES string of the molecule is COC(=O)c1ccccc1NC(NC(C)=O)C(=O)c1cccs1. The van der Waals surface area contributed by atoms with Gasteiger partial charge < -0.3 is 15.4 Å². The molecule has 2 rings (SSSR count). The number of methoxy groups -OCH3 is 1. The van der Waals surface area contributed by atoms with Crippen LogP contribution in [-0.2, 0) is 9.53 Å². The predicted molar refractivity (Wildman–Crippen MR) is 87.7 cm³/mol. The summed E-state index contributed by atoms with van der Waals surface area (Å²) >= 11 is 1.28. The minimum Gasteiger partial charge on any atom is -0.465 e. The van der Waals surface area contributed by atoms with Crippen LogP contribution in [0.5, 0.6) is 0 Å². The highest BCUT2D eigenvalue weighted by molar-refractivity contribution is 7.12. The number of Topliss-reactive ketones (excluding diaryl/α,β-unsaturated/α-hetero) is 1. The molecule has 0 spiro atoms. The number of para-hydroxylation sites is 1. The first-order chi connectivity index (χ1) is 11.0. The Bertz CT molecular complexity index is 713. The van der Waals surface area contributed by atoms with Crippen LogP contribution in [-0.4, -0.2) is 30.9 Å². The zero-order valence-corrected chi connectivity index (χ0v) is 13.5. The number of ketones is 1. The number of anilines is 1. The van der Waals surface area contributed by atoms with Crippen LogP contribution >= 0.6 is 11.3 Å². The van der Waals surface area contributed by atoms with Crippen LogP contribution < -0.4 is 10.6 Å². The molecule has 1 atom stereocenters. The summed E-state index contributed by atoms with van der Waals surface area (Å²) in [5.74, 6) is -1.17. The van der Waals surface area contributed by atoms with E-state index in [4.69, 9.17) is 4.74 Å². The second kappa shape index (κ2) is 7.55. The molecule has 6 nitrogen and oxygen atoms in total. The molecule has 2 aromatic rings. The lowest BCUT2D eigenvalue weighted by molar-refractivity contribution is -0.119. The average molecular weight is 332 g/mol. The summed E-state index contributed by atoms with van der Waals surface area (Å²) in [5, 5.41) is 7.24. The Balaban J connectivity index is 2.30. The summed E-state index contributed by atoms with van der Waals surface area (Å²) in [6.45, 7) is 1.32. The van der Waals surface area contributed by atoms with Gasteiger partial charge in [-0.05, 0) is 23.6 Å². The second-order valence-electron chi connectivity index (χ2n) is 4.66. The summed E-state index contributed by atoms with van der Waals surface area (Å²) in [6, 6.07) is 10.1. The molecule has 0 saturated carbocycles. The Labute approximate surface area is 137 Å². The minimum atomic E-state index is -0.975. The highest BCUT2D eigenvalue weighted by Crippen LogP contribution is 2.19. The van der Waals surface area contributed by atoms with Gasteiger partial charge in [0.1, 0.15) is 0 Å². The molecule has 1 unspecified atom stereocenters. The summed E-state index contributed by atoms with van der Waals surface area (Å²) in [5.41, 5.74) is 0.687. The van der Waals surface area contributed by atoms with Crippen LogP contribution in [0.1, 0.15) is 27.0 Å². The van der Waals surface area contributed by atoms with Gasteiger partial charge in [0.25, 0.3) is 0 Å². The molecule has 7 heteroatoms. The van der Waals surface area contributed by atoms with E-state index in [1.807, 2.05) is 0 Å². The number of carbonyl (C=O) groups excluding carboxylic acids is 3. The van der Waals surface area contributed by atoms with Crippen LogP contribution in [0.4, 0.5) is 5.69 Å². The molecule has 0 aliphatic carbocycles. The maximum absolute atomic E-state index is 12.5. The molecule has 0 saturated heterocycles. The van der Waals surface area contributed by atoms with Crippen LogP contribution in [0.3, 0.4) is 0 Å². The molecule has 0 fully saturated rings. The maximum Gasteiger partial charge on any atom is 0.339 e. The van der Waals surface area contributed by atoms with Crippen molar-refractivity contribution in [2.45, 2.75) is 13.1 Å². The maximum atomic E-state index is 12.5. The zero-order chi connectivity index (χ0) is 16.8. The standard InChI is InChI=1S/C16H16N2O4S/c1-10(19)17-15(14(20)13-8-5-9-23-13)18-12-7-4-3-6-11(12)16(21)22-2/h3-9,15,18H,1-2H3,(H,17,19). The van der Waals surface area contributed by atoms with Crippen LogP contribution in [0.15, 0.2) is 41.8 Å². The van der Waals surface area contributed by atoms with Gasteiger partial charge in [0.15, 0.2) is 6.17 Å². The topological polar surface area (TPSA) is 84.5 Å². The molecule has 0 radical (unpaired) electrons. The van der Waals surface area contributed by atoms with Crippen molar-refractivity contribution in [3.63, 3.8) is 0 Å². The number of benzene rings is 1. The van der Waals surface area contributed by atoms with E-state index in [2.05, 4.69) is 10.6 Å². The molecular formula is C16H16N2O4S. The van der Waals surface area contributed by atoms with E-state index in [-0.39, 0.29) is 17.3 Å². The molecule has 0 aliphatic rings. The lowest BCUT2D eigenvalue weighted by Crippen LogP contribution is -2.45. The molecule has 0 aliphatic heterocycles. The van der Waals surface area contributed by atoms with Gasteiger partial charge >= 0.3 is 5.97 Å². The van der Waals surface area contributed by atoms with Gasteiger partial charge in [-0.3, -0.25) is 9.59 Å². The van der Waals surface area contributed by atoms with E-state index in [1.54, 1.807) is 41.8 Å². The lowest BCUT2D eigenvalue weighted by atomic mass is 10.1. The molecule has 2 N–H and O–H groups in total. The van der Waals surface area contributed by atoms with Crippen molar-refractivity contribution >= 4 is 34.7 Å². The van der Waals surface area contributed by atoms with E-state index in [1.165, 1.54) is 25.4 Å². The third kappa shape index (κ3) is 4.17. The number of ether oxygens (including phenoxy) is 1. The summed E-state index contributed by atoms with van der Waals surface area (Å²) in [4.78, 5) is 36.2. The molecule has 1 aromatic carbocycles. The Morgan fingerprint density at radius 2 is 1.87 bits per heavy atom. The first kappa shape index (κ1) is 16.7. The van der Waals surface area contributed by atoms with Gasteiger partial charge in [-0.2, -0.15) is 0 Å². The zero-order valence-electron chi connectivity index (χ0n) is 12.7. The molecule has 1 aromatic heterocycles. The fourth-order valence-electron chi connectivity index (χ4n) is 1.98. The molecule has 1 amide bonds. The first-order valence-electron chi connectivity index (χ1n) is 6.81. The molecular weight excluding hydrogens is 316 g/mol. The number of hydrogen-bond donors (Lipinski definition) is 2. The van der Waals surface area contributed by atoms with Crippen LogP contribution in [0.25, 0.3) is 0 Å².